The molecule has 0 saturated carbocycles. The number of rotatable bonds is 5. The third kappa shape index (κ3) is 4.53. The number of allylic oxidation sites excluding steroid dienone is 1. The zero-order valence-electron chi connectivity index (χ0n) is 6.89. The predicted molar refractivity (Wildman–Crippen MR) is 43.9 cm³/mol. The number of nitrogens with two attached hydrogens (primary N) is 1. The van der Waals surface area contributed by atoms with Gasteiger partial charge in [0.25, 0.3) is 0 Å². The fraction of sp³-hybridized carbons (Fsp3) is 0.750. The van der Waals surface area contributed by atoms with Crippen LogP contribution in [0.25, 0.3) is 0 Å². The van der Waals surface area contributed by atoms with Crippen LogP contribution in [0, 0.1) is 0 Å². The van der Waals surface area contributed by atoms with Crippen molar-refractivity contribution in [2.24, 2.45) is 5.73 Å². The SMILES string of the molecule is CC=C(CCCN)COC. The lowest BCUT2D eigenvalue weighted by atomic mass is 10.1. The Morgan fingerprint density at radius 1 is 1.60 bits per heavy atom. The van der Waals surface area contributed by atoms with Crippen LogP contribution in [0.3, 0.4) is 0 Å². The average molecular weight is 143 g/mol. The van der Waals surface area contributed by atoms with Crippen LogP contribution in [0.15, 0.2) is 11.6 Å². The molecule has 0 aliphatic heterocycles. The van der Waals surface area contributed by atoms with E-state index in [-0.39, 0.29) is 0 Å². The summed E-state index contributed by atoms with van der Waals surface area (Å²) < 4.78 is 4.98. The number of hydrogen-bond donors (Lipinski definition) is 1. The molecule has 0 aromatic carbocycles. The molecule has 0 aromatic heterocycles. The summed E-state index contributed by atoms with van der Waals surface area (Å²) in [6.45, 7) is 3.54. The van der Waals surface area contributed by atoms with Crippen molar-refractivity contribution in [3.8, 4) is 0 Å². The van der Waals surface area contributed by atoms with E-state index in [2.05, 4.69) is 6.08 Å². The van der Waals surface area contributed by atoms with Gasteiger partial charge < -0.3 is 10.5 Å². The van der Waals surface area contributed by atoms with Gasteiger partial charge in [-0.1, -0.05) is 6.08 Å². The van der Waals surface area contributed by atoms with Gasteiger partial charge in [0, 0.05) is 7.11 Å². The second-order valence-corrected chi connectivity index (χ2v) is 2.27. The van der Waals surface area contributed by atoms with Crippen LogP contribution in [0.5, 0.6) is 0 Å². The minimum atomic E-state index is 0.747. The maximum Gasteiger partial charge on any atom is 0.0672 e. The standard InChI is InChI=1S/C8H17NO/c1-3-8(7-10-2)5-4-6-9/h3H,4-7,9H2,1-2H3. The Balaban J connectivity index is 3.41. The molecule has 0 saturated heterocycles. The first-order valence-electron chi connectivity index (χ1n) is 3.68. The summed E-state index contributed by atoms with van der Waals surface area (Å²) >= 11 is 0. The number of hydrogen-bond acceptors (Lipinski definition) is 2. The monoisotopic (exact) mass is 143 g/mol. The van der Waals surface area contributed by atoms with Crippen molar-refractivity contribution in [3.05, 3.63) is 11.6 Å². The van der Waals surface area contributed by atoms with E-state index in [9.17, 15) is 0 Å². The third-order valence-corrected chi connectivity index (χ3v) is 1.44. The Morgan fingerprint density at radius 2 is 2.30 bits per heavy atom. The van der Waals surface area contributed by atoms with E-state index >= 15 is 0 Å². The number of methoxy groups -OCH3 is 1. The van der Waals surface area contributed by atoms with E-state index in [1.54, 1.807) is 7.11 Å². The number of ether oxygens (including phenoxy) is 1. The highest BCUT2D eigenvalue weighted by molar-refractivity contribution is 5.00. The van der Waals surface area contributed by atoms with E-state index in [1.807, 2.05) is 6.92 Å². The molecule has 0 bridgehead atoms. The highest BCUT2D eigenvalue weighted by Crippen LogP contribution is 2.03. The second kappa shape index (κ2) is 6.78. The molecule has 0 fully saturated rings. The lowest BCUT2D eigenvalue weighted by Gasteiger charge is -2.03. The van der Waals surface area contributed by atoms with Gasteiger partial charge in [0.05, 0.1) is 6.61 Å². The molecule has 0 aliphatic carbocycles. The van der Waals surface area contributed by atoms with Gasteiger partial charge >= 0.3 is 0 Å². The van der Waals surface area contributed by atoms with Crippen molar-refractivity contribution >= 4 is 0 Å². The van der Waals surface area contributed by atoms with E-state index < -0.39 is 0 Å². The molecule has 0 aromatic rings. The first kappa shape index (κ1) is 9.66. The zero-order valence-corrected chi connectivity index (χ0v) is 6.89. The van der Waals surface area contributed by atoms with Crippen molar-refractivity contribution in [1.29, 1.82) is 0 Å². The first-order valence-corrected chi connectivity index (χ1v) is 3.68. The molecular formula is C8H17NO. The smallest absolute Gasteiger partial charge is 0.0672 e. The predicted octanol–water partition coefficient (Wildman–Crippen LogP) is 1.32. The summed E-state index contributed by atoms with van der Waals surface area (Å²) in [6.07, 6.45) is 4.23. The summed E-state index contributed by atoms with van der Waals surface area (Å²) in [5.74, 6) is 0. The van der Waals surface area contributed by atoms with Crippen molar-refractivity contribution < 1.29 is 4.74 Å². The minimum absolute atomic E-state index is 0.747. The van der Waals surface area contributed by atoms with Gasteiger partial charge in [0.15, 0.2) is 0 Å². The fourth-order valence-corrected chi connectivity index (χ4v) is 0.814. The average Bonchev–Trinajstić information content (AvgIpc) is 1.98. The van der Waals surface area contributed by atoms with Crippen LogP contribution in [0.2, 0.25) is 0 Å². The zero-order chi connectivity index (χ0) is 7.82. The van der Waals surface area contributed by atoms with E-state index in [0.29, 0.717) is 0 Å². The molecule has 0 rings (SSSR count). The van der Waals surface area contributed by atoms with Gasteiger partial charge in [0.1, 0.15) is 0 Å². The fourth-order valence-electron chi connectivity index (χ4n) is 0.814. The normalized spacial score (nSPS) is 12.1. The highest BCUT2D eigenvalue weighted by atomic mass is 16.5. The molecule has 60 valence electrons. The quantitative estimate of drug-likeness (QED) is 0.589. The molecule has 0 heterocycles. The molecule has 0 radical (unpaired) electrons. The van der Waals surface area contributed by atoms with E-state index in [1.165, 1.54) is 5.57 Å². The Labute approximate surface area is 63.1 Å². The third-order valence-electron chi connectivity index (χ3n) is 1.44. The van der Waals surface area contributed by atoms with Crippen molar-refractivity contribution in [2.75, 3.05) is 20.3 Å². The van der Waals surface area contributed by atoms with Crippen LogP contribution in [-0.2, 0) is 4.74 Å². The molecule has 2 N–H and O–H groups in total. The summed E-state index contributed by atoms with van der Waals surface area (Å²) in [7, 11) is 1.71. The molecule has 0 amide bonds. The summed E-state index contributed by atoms with van der Waals surface area (Å²) in [6, 6.07) is 0. The molecule has 0 spiro atoms. The van der Waals surface area contributed by atoms with Gasteiger partial charge in [-0.3, -0.25) is 0 Å². The first-order chi connectivity index (χ1) is 4.85. The van der Waals surface area contributed by atoms with Gasteiger partial charge in [-0.05, 0) is 31.9 Å². The van der Waals surface area contributed by atoms with Crippen molar-refractivity contribution in [3.63, 3.8) is 0 Å². The van der Waals surface area contributed by atoms with Crippen LogP contribution in [0.4, 0.5) is 0 Å². The molecule has 0 atom stereocenters. The lowest BCUT2D eigenvalue weighted by molar-refractivity contribution is 0.222. The van der Waals surface area contributed by atoms with Gasteiger partial charge in [0.2, 0.25) is 0 Å². The second-order valence-electron chi connectivity index (χ2n) is 2.27. The van der Waals surface area contributed by atoms with Crippen molar-refractivity contribution in [2.45, 2.75) is 19.8 Å². The van der Waals surface area contributed by atoms with Gasteiger partial charge in [-0.15, -0.1) is 0 Å². The van der Waals surface area contributed by atoms with Crippen LogP contribution >= 0.6 is 0 Å². The summed E-state index contributed by atoms with van der Waals surface area (Å²) in [5, 5.41) is 0. The molecule has 0 unspecified atom stereocenters. The Morgan fingerprint density at radius 3 is 2.70 bits per heavy atom. The Kier molecular flexibility index (Phi) is 6.55. The van der Waals surface area contributed by atoms with Crippen LogP contribution in [0.1, 0.15) is 19.8 Å². The molecule has 0 aliphatic rings. The highest BCUT2D eigenvalue weighted by Gasteiger charge is 1.92. The Hall–Kier alpha value is -0.340. The maximum atomic E-state index is 5.36. The minimum Gasteiger partial charge on any atom is -0.380 e. The Bertz CT molecular complexity index is 99.4. The summed E-state index contributed by atoms with van der Waals surface area (Å²) in [4.78, 5) is 0. The van der Waals surface area contributed by atoms with Crippen molar-refractivity contribution in [1.82, 2.24) is 0 Å². The van der Waals surface area contributed by atoms with Gasteiger partial charge in [-0.25, -0.2) is 0 Å². The van der Waals surface area contributed by atoms with Crippen LogP contribution < -0.4 is 5.73 Å². The molecular weight excluding hydrogens is 126 g/mol. The topological polar surface area (TPSA) is 35.2 Å². The maximum absolute atomic E-state index is 5.36. The lowest BCUT2D eigenvalue weighted by Crippen LogP contribution is -2.01. The largest absolute Gasteiger partial charge is 0.380 e. The van der Waals surface area contributed by atoms with Gasteiger partial charge in [-0.2, -0.15) is 0 Å². The van der Waals surface area contributed by atoms with Crippen LogP contribution in [-0.4, -0.2) is 20.3 Å². The van der Waals surface area contributed by atoms with E-state index in [0.717, 1.165) is 26.0 Å². The molecule has 2 heteroatoms. The summed E-state index contributed by atoms with van der Waals surface area (Å²) in [5.41, 5.74) is 6.70. The molecule has 2 nitrogen and oxygen atoms in total. The molecule has 10 heavy (non-hydrogen) atoms. The van der Waals surface area contributed by atoms with E-state index in [4.69, 9.17) is 10.5 Å².